The summed E-state index contributed by atoms with van der Waals surface area (Å²) >= 11 is 0. The molecule has 4 rings (SSSR count). The molecule has 0 atom stereocenters. The molecule has 0 spiro atoms. The van der Waals surface area contributed by atoms with Crippen LogP contribution >= 0.6 is 0 Å². The molecule has 122 valence electrons. The zero-order chi connectivity index (χ0) is 15.8. The van der Waals surface area contributed by atoms with Gasteiger partial charge < -0.3 is 9.88 Å². The van der Waals surface area contributed by atoms with Gasteiger partial charge in [0, 0.05) is 19.2 Å². The Morgan fingerprint density at radius 1 is 1.26 bits per heavy atom. The summed E-state index contributed by atoms with van der Waals surface area (Å²) in [5.41, 5.74) is 4.06. The SMILES string of the molecule is Cn1nc(CN2CCCCC2)c2c1CN(C(=O)c1cnc[nH]1)C2. The Balaban J connectivity index is 1.52. The van der Waals surface area contributed by atoms with E-state index in [-0.39, 0.29) is 5.91 Å². The molecule has 0 unspecified atom stereocenters. The number of hydrogen-bond acceptors (Lipinski definition) is 4. The second-order valence-corrected chi connectivity index (χ2v) is 6.46. The van der Waals surface area contributed by atoms with E-state index in [1.807, 2.05) is 16.6 Å². The number of hydrogen-bond donors (Lipinski definition) is 1. The van der Waals surface area contributed by atoms with Gasteiger partial charge >= 0.3 is 0 Å². The van der Waals surface area contributed by atoms with Crippen molar-refractivity contribution in [2.45, 2.75) is 38.9 Å². The minimum absolute atomic E-state index is 0.00243. The quantitative estimate of drug-likeness (QED) is 0.926. The van der Waals surface area contributed by atoms with Gasteiger partial charge in [0.05, 0.1) is 37.0 Å². The molecule has 1 N–H and O–H groups in total. The van der Waals surface area contributed by atoms with E-state index in [0.29, 0.717) is 18.8 Å². The number of rotatable bonds is 3. The molecule has 0 bridgehead atoms. The monoisotopic (exact) mass is 314 g/mol. The molecule has 2 aromatic rings. The van der Waals surface area contributed by atoms with Gasteiger partial charge in [-0.05, 0) is 25.9 Å². The number of aromatic amines is 1. The van der Waals surface area contributed by atoms with Gasteiger partial charge in [-0.2, -0.15) is 5.10 Å². The van der Waals surface area contributed by atoms with Crippen LogP contribution in [0, 0.1) is 0 Å². The molecule has 2 aliphatic heterocycles. The highest BCUT2D eigenvalue weighted by atomic mass is 16.2. The summed E-state index contributed by atoms with van der Waals surface area (Å²) in [4.78, 5) is 23.7. The lowest BCUT2D eigenvalue weighted by molar-refractivity contribution is 0.0742. The Kier molecular flexibility index (Phi) is 3.65. The van der Waals surface area contributed by atoms with E-state index in [9.17, 15) is 4.79 Å². The maximum absolute atomic E-state index is 12.5. The Morgan fingerprint density at radius 2 is 2.09 bits per heavy atom. The van der Waals surface area contributed by atoms with E-state index in [2.05, 4.69) is 14.9 Å². The minimum atomic E-state index is 0.00243. The van der Waals surface area contributed by atoms with E-state index in [1.165, 1.54) is 24.8 Å². The van der Waals surface area contributed by atoms with Gasteiger partial charge in [-0.3, -0.25) is 14.4 Å². The van der Waals surface area contributed by atoms with Gasteiger partial charge in [0.2, 0.25) is 0 Å². The molecule has 1 saturated heterocycles. The third kappa shape index (κ3) is 2.65. The van der Waals surface area contributed by atoms with Crippen molar-refractivity contribution in [1.29, 1.82) is 0 Å². The van der Waals surface area contributed by atoms with Crippen LogP contribution in [0.15, 0.2) is 12.5 Å². The number of aryl methyl sites for hydroxylation is 1. The topological polar surface area (TPSA) is 70.1 Å². The lowest BCUT2D eigenvalue weighted by Crippen LogP contribution is -2.30. The Bertz CT molecular complexity index is 698. The van der Waals surface area contributed by atoms with Crippen molar-refractivity contribution in [3.8, 4) is 0 Å². The Morgan fingerprint density at radius 3 is 2.83 bits per heavy atom. The molecule has 0 saturated carbocycles. The van der Waals surface area contributed by atoms with Crippen LogP contribution in [-0.2, 0) is 26.7 Å². The van der Waals surface area contributed by atoms with Crippen LogP contribution in [0.1, 0.15) is 46.7 Å². The first-order valence-electron chi connectivity index (χ1n) is 8.26. The molecule has 0 radical (unpaired) electrons. The van der Waals surface area contributed by atoms with Gasteiger partial charge in [-0.25, -0.2) is 4.98 Å². The summed E-state index contributed by atoms with van der Waals surface area (Å²) in [6, 6.07) is 0. The maximum Gasteiger partial charge on any atom is 0.272 e. The predicted octanol–water partition coefficient (Wildman–Crippen LogP) is 1.29. The third-order valence-electron chi connectivity index (χ3n) is 4.89. The van der Waals surface area contributed by atoms with Crippen LogP contribution in [0.2, 0.25) is 0 Å². The largest absolute Gasteiger partial charge is 0.341 e. The van der Waals surface area contributed by atoms with Crippen LogP contribution in [0.5, 0.6) is 0 Å². The average Bonchev–Trinajstić information content (AvgIpc) is 3.28. The number of amides is 1. The molecular weight excluding hydrogens is 292 g/mol. The summed E-state index contributed by atoms with van der Waals surface area (Å²) in [6.45, 7) is 4.47. The van der Waals surface area contributed by atoms with Gasteiger partial charge in [-0.15, -0.1) is 0 Å². The summed E-state index contributed by atoms with van der Waals surface area (Å²) in [5, 5.41) is 4.70. The predicted molar refractivity (Wildman–Crippen MR) is 84.5 cm³/mol. The molecule has 1 fully saturated rings. The van der Waals surface area contributed by atoms with Gasteiger partial charge in [0.1, 0.15) is 5.69 Å². The van der Waals surface area contributed by atoms with Gasteiger partial charge in [0.15, 0.2) is 0 Å². The van der Waals surface area contributed by atoms with Crippen LogP contribution in [0.25, 0.3) is 0 Å². The molecule has 2 aliphatic rings. The molecule has 7 heteroatoms. The number of imidazole rings is 1. The molecule has 0 aromatic carbocycles. The van der Waals surface area contributed by atoms with Crippen molar-refractivity contribution < 1.29 is 4.79 Å². The number of H-pyrrole nitrogens is 1. The van der Waals surface area contributed by atoms with Crippen molar-refractivity contribution in [3.05, 3.63) is 35.2 Å². The van der Waals surface area contributed by atoms with Crippen LogP contribution in [0.3, 0.4) is 0 Å². The average molecular weight is 314 g/mol. The Hall–Kier alpha value is -2.15. The van der Waals surface area contributed by atoms with E-state index < -0.39 is 0 Å². The number of aromatic nitrogens is 4. The van der Waals surface area contributed by atoms with Crippen molar-refractivity contribution in [3.63, 3.8) is 0 Å². The number of carbonyl (C=O) groups excluding carboxylic acids is 1. The molecule has 1 amide bonds. The second-order valence-electron chi connectivity index (χ2n) is 6.46. The fraction of sp³-hybridized carbons (Fsp3) is 0.562. The summed E-state index contributed by atoms with van der Waals surface area (Å²) in [5.74, 6) is 0.00243. The standard InChI is InChI=1S/C16H22N6O/c1-20-15-10-22(16(23)13-7-17-11-18-13)8-12(15)14(19-20)9-21-5-3-2-4-6-21/h7,11H,2-6,8-10H2,1H3,(H,17,18). The second kappa shape index (κ2) is 5.81. The fourth-order valence-corrected chi connectivity index (χ4v) is 3.61. The molecule has 2 aromatic heterocycles. The van der Waals surface area contributed by atoms with Crippen LogP contribution < -0.4 is 0 Å². The zero-order valence-corrected chi connectivity index (χ0v) is 13.5. The lowest BCUT2D eigenvalue weighted by Gasteiger charge is -2.26. The molecular formula is C16H22N6O. The molecule has 4 heterocycles. The molecule has 23 heavy (non-hydrogen) atoms. The van der Waals surface area contributed by atoms with E-state index >= 15 is 0 Å². The van der Waals surface area contributed by atoms with Crippen LogP contribution in [-0.4, -0.2) is 48.5 Å². The number of nitrogens with zero attached hydrogens (tertiary/aromatic N) is 5. The van der Waals surface area contributed by atoms with Gasteiger partial charge in [0.25, 0.3) is 5.91 Å². The highest BCUT2D eigenvalue weighted by Crippen LogP contribution is 2.28. The third-order valence-corrected chi connectivity index (χ3v) is 4.89. The minimum Gasteiger partial charge on any atom is -0.341 e. The number of piperidine rings is 1. The first kappa shape index (κ1) is 14.4. The number of carbonyl (C=O) groups is 1. The normalized spacial score (nSPS) is 18.4. The number of likely N-dealkylation sites (tertiary alicyclic amines) is 1. The molecule has 7 nitrogen and oxygen atoms in total. The number of fused-ring (bicyclic) bond motifs is 1. The maximum atomic E-state index is 12.5. The summed E-state index contributed by atoms with van der Waals surface area (Å²) < 4.78 is 1.94. The first-order chi connectivity index (χ1) is 11.2. The Labute approximate surface area is 135 Å². The van der Waals surface area contributed by atoms with Crippen LogP contribution in [0.4, 0.5) is 0 Å². The highest BCUT2D eigenvalue weighted by Gasteiger charge is 2.31. The summed E-state index contributed by atoms with van der Waals surface area (Å²) in [6.07, 6.45) is 7.01. The number of nitrogens with one attached hydrogen (secondary N) is 1. The smallest absolute Gasteiger partial charge is 0.272 e. The van der Waals surface area contributed by atoms with E-state index in [1.54, 1.807) is 12.5 Å². The fourth-order valence-electron chi connectivity index (χ4n) is 3.61. The lowest BCUT2D eigenvalue weighted by atomic mass is 10.1. The van der Waals surface area contributed by atoms with Crippen molar-refractivity contribution >= 4 is 5.91 Å². The van der Waals surface area contributed by atoms with Gasteiger partial charge in [-0.1, -0.05) is 6.42 Å². The van der Waals surface area contributed by atoms with E-state index in [0.717, 1.165) is 31.0 Å². The first-order valence-corrected chi connectivity index (χ1v) is 8.26. The highest BCUT2D eigenvalue weighted by molar-refractivity contribution is 5.92. The zero-order valence-electron chi connectivity index (χ0n) is 13.5. The van der Waals surface area contributed by atoms with E-state index in [4.69, 9.17) is 5.10 Å². The van der Waals surface area contributed by atoms with Crippen molar-refractivity contribution in [1.82, 2.24) is 29.5 Å². The molecule has 0 aliphatic carbocycles. The summed E-state index contributed by atoms with van der Waals surface area (Å²) in [7, 11) is 1.97. The van der Waals surface area contributed by atoms with Crippen molar-refractivity contribution in [2.75, 3.05) is 13.1 Å². The van der Waals surface area contributed by atoms with Crippen molar-refractivity contribution in [2.24, 2.45) is 7.05 Å².